The quantitative estimate of drug-likeness (QED) is 0.100. The third-order valence-corrected chi connectivity index (χ3v) is 14.6. The number of nitrogens with one attached hydrogen (secondary N) is 3. The lowest BCUT2D eigenvalue weighted by Gasteiger charge is -2.37. The second kappa shape index (κ2) is 16.5. The van der Waals surface area contributed by atoms with E-state index >= 15 is 4.39 Å². The van der Waals surface area contributed by atoms with Gasteiger partial charge in [0, 0.05) is 24.9 Å². The molecule has 0 saturated carbocycles. The second-order valence-corrected chi connectivity index (χ2v) is 21.7. The number of anilines is 1. The normalized spacial score (nSPS) is 14.8. The highest BCUT2D eigenvalue weighted by Gasteiger charge is 2.44. The van der Waals surface area contributed by atoms with Crippen molar-refractivity contribution in [3.8, 4) is 16.9 Å². The molecule has 0 saturated heterocycles. The number of amides is 1. The van der Waals surface area contributed by atoms with Gasteiger partial charge in [0.05, 0.1) is 30.7 Å². The summed E-state index contributed by atoms with van der Waals surface area (Å²) in [5.41, 5.74) is -0.257. The lowest BCUT2D eigenvalue weighted by Crippen LogP contribution is -2.55. The van der Waals surface area contributed by atoms with Crippen LogP contribution in [0.4, 0.5) is 23.2 Å². The van der Waals surface area contributed by atoms with Crippen LogP contribution in [-0.4, -0.2) is 73.1 Å². The van der Waals surface area contributed by atoms with Crippen molar-refractivity contribution in [2.75, 3.05) is 31.8 Å². The molecular formula is C37H51F4N3O5SSi. The summed E-state index contributed by atoms with van der Waals surface area (Å²) in [6.45, 7) is 13.0. The van der Waals surface area contributed by atoms with Crippen molar-refractivity contribution in [2.24, 2.45) is 0 Å². The van der Waals surface area contributed by atoms with Crippen LogP contribution in [0.5, 0.6) is 5.75 Å². The van der Waals surface area contributed by atoms with E-state index in [-0.39, 0.29) is 28.6 Å². The summed E-state index contributed by atoms with van der Waals surface area (Å²) >= 11 is 0. The molecule has 3 aromatic rings. The molecule has 0 heterocycles. The van der Waals surface area contributed by atoms with Crippen LogP contribution in [0.3, 0.4) is 0 Å². The number of hydrogen-bond donors (Lipinski definition) is 3. The number of methoxy groups -OCH3 is 1. The summed E-state index contributed by atoms with van der Waals surface area (Å²) in [4.78, 5) is 14.0. The smallest absolute Gasteiger partial charge is 0.407 e. The Morgan fingerprint density at radius 3 is 1.82 bits per heavy atom. The fourth-order valence-electron chi connectivity index (χ4n) is 4.98. The number of hydrogen-bond acceptors (Lipinski definition) is 7. The fourth-order valence-corrected chi connectivity index (χ4v) is 6.67. The van der Waals surface area contributed by atoms with Gasteiger partial charge in [-0.2, -0.15) is 13.2 Å². The molecule has 14 heteroatoms. The van der Waals surface area contributed by atoms with Gasteiger partial charge in [0.1, 0.15) is 17.5 Å². The van der Waals surface area contributed by atoms with Gasteiger partial charge in [-0.05, 0) is 85.1 Å². The summed E-state index contributed by atoms with van der Waals surface area (Å²) in [6.07, 6.45) is -4.28. The summed E-state index contributed by atoms with van der Waals surface area (Å²) in [5.74, 6) is -0.135. The first-order valence-electron chi connectivity index (χ1n) is 16.6. The Hall–Kier alpha value is -3.46. The van der Waals surface area contributed by atoms with Crippen LogP contribution < -0.4 is 20.7 Å². The monoisotopic (exact) mass is 753 g/mol. The summed E-state index contributed by atoms with van der Waals surface area (Å²) < 4.78 is 94.3. The molecule has 3 N–H and O–H groups in total. The van der Waals surface area contributed by atoms with Crippen LogP contribution in [0.25, 0.3) is 11.1 Å². The molecule has 51 heavy (non-hydrogen) atoms. The molecule has 0 aliphatic rings. The van der Waals surface area contributed by atoms with Crippen molar-refractivity contribution < 1.29 is 39.9 Å². The molecule has 0 bridgehead atoms. The highest BCUT2D eigenvalue weighted by atomic mass is 32.2. The molecule has 3 aromatic carbocycles. The molecule has 1 amide bonds. The molecule has 0 aliphatic heterocycles. The molecule has 0 spiro atoms. The topological polar surface area (TPSA) is 106 Å². The Balaban J connectivity index is 1.88. The van der Waals surface area contributed by atoms with E-state index in [4.69, 9.17) is 9.16 Å². The average molecular weight is 754 g/mol. The van der Waals surface area contributed by atoms with E-state index in [1.54, 1.807) is 43.5 Å². The molecule has 8 nitrogen and oxygen atoms in total. The van der Waals surface area contributed by atoms with Crippen molar-refractivity contribution in [3.05, 3.63) is 78.4 Å². The number of ether oxygens (including phenoxy) is 1. The van der Waals surface area contributed by atoms with Crippen molar-refractivity contribution in [1.29, 1.82) is 0 Å². The zero-order valence-corrected chi connectivity index (χ0v) is 32.6. The van der Waals surface area contributed by atoms with Crippen molar-refractivity contribution in [1.82, 2.24) is 10.6 Å². The van der Waals surface area contributed by atoms with E-state index in [9.17, 15) is 26.4 Å². The average Bonchev–Trinajstić information content (AvgIpc) is 3.02. The van der Waals surface area contributed by atoms with Crippen molar-refractivity contribution in [3.63, 3.8) is 0 Å². The minimum absolute atomic E-state index is 0.0897. The van der Waals surface area contributed by atoms with E-state index in [0.717, 1.165) is 11.9 Å². The van der Waals surface area contributed by atoms with E-state index in [0.29, 0.717) is 16.9 Å². The summed E-state index contributed by atoms with van der Waals surface area (Å²) in [6, 6.07) is 14.2. The van der Waals surface area contributed by atoms with Crippen LogP contribution >= 0.6 is 0 Å². The molecule has 0 aliphatic carbocycles. The van der Waals surface area contributed by atoms with Gasteiger partial charge >= 0.3 is 6.18 Å². The van der Waals surface area contributed by atoms with E-state index in [1.807, 2.05) is 0 Å². The van der Waals surface area contributed by atoms with Gasteiger partial charge < -0.3 is 19.8 Å². The van der Waals surface area contributed by atoms with Crippen LogP contribution in [0, 0.1) is 0 Å². The molecule has 0 radical (unpaired) electrons. The fraction of sp³-hybridized carbons (Fsp3) is 0.486. The van der Waals surface area contributed by atoms with Crippen molar-refractivity contribution >= 4 is 29.7 Å². The van der Waals surface area contributed by atoms with Crippen molar-refractivity contribution in [2.45, 2.75) is 94.0 Å². The summed E-state index contributed by atoms with van der Waals surface area (Å²) in [5, 5.41) is 8.38. The molecule has 0 unspecified atom stereocenters. The Bertz CT molecular complexity index is 1690. The third-order valence-electron chi connectivity index (χ3n) is 9.00. The first-order chi connectivity index (χ1) is 23.4. The van der Waals surface area contributed by atoms with Crippen LogP contribution in [0.1, 0.15) is 52.6 Å². The molecule has 282 valence electrons. The standard InChI is InChI=1S/C37H51F4N3O5SSi/c1-35(2,3)51(8,9)49-24-29(23-42-28-16-18-30(48-6)19-17-28)43-34(45)32(22-36(4,5)38)44-33(37(39,40)41)27-12-10-25(11-13-27)26-14-20-31(21-15-26)50(7,46)47/h10-21,29,32-33,42,44H,22-24H2,1-9H3,(H,43,45)/t29-,32+,33+/m1/s1. The molecule has 0 fully saturated rings. The molecule has 0 aromatic heterocycles. The Kier molecular flexibility index (Phi) is 13.6. The number of rotatable bonds is 16. The Morgan fingerprint density at radius 1 is 0.843 bits per heavy atom. The van der Waals surface area contributed by atoms with E-state index in [1.165, 1.54) is 50.2 Å². The zero-order valence-electron chi connectivity index (χ0n) is 30.7. The van der Waals surface area contributed by atoms with E-state index in [2.05, 4.69) is 49.8 Å². The first-order valence-corrected chi connectivity index (χ1v) is 21.4. The SMILES string of the molecule is COc1ccc(NC[C@H](CO[Si](C)(C)C(C)(C)C)NC(=O)[C@H](CC(C)(C)F)N[C@@H](c2ccc(-c3ccc(S(C)(=O)=O)cc3)cc2)C(F)(F)F)cc1. The maximum atomic E-state index is 15.1. The van der Waals surface area contributed by atoms with Gasteiger partial charge in [0.25, 0.3) is 0 Å². The minimum atomic E-state index is -4.83. The van der Waals surface area contributed by atoms with Gasteiger partial charge in [-0.1, -0.05) is 57.2 Å². The Morgan fingerprint density at radius 2 is 1.37 bits per heavy atom. The van der Waals surface area contributed by atoms with Crippen LogP contribution in [0.15, 0.2) is 77.7 Å². The maximum Gasteiger partial charge on any atom is 0.407 e. The minimum Gasteiger partial charge on any atom is -0.497 e. The zero-order chi connectivity index (χ0) is 38.4. The largest absolute Gasteiger partial charge is 0.497 e. The van der Waals surface area contributed by atoms with Gasteiger partial charge in [0.2, 0.25) is 5.91 Å². The number of alkyl halides is 4. The Labute approximate surface area is 300 Å². The molecule has 3 atom stereocenters. The van der Waals surface area contributed by atoms with Crippen LogP contribution in [0.2, 0.25) is 18.1 Å². The van der Waals surface area contributed by atoms with Gasteiger partial charge in [-0.15, -0.1) is 0 Å². The second-order valence-electron chi connectivity index (χ2n) is 14.9. The highest BCUT2D eigenvalue weighted by molar-refractivity contribution is 7.90. The van der Waals surface area contributed by atoms with Gasteiger partial charge in [-0.25, -0.2) is 12.8 Å². The molecule has 3 rings (SSSR count). The lowest BCUT2D eigenvalue weighted by molar-refractivity contribution is -0.161. The van der Waals surface area contributed by atoms with Gasteiger partial charge in [-0.3, -0.25) is 10.1 Å². The van der Waals surface area contributed by atoms with E-state index < -0.39 is 60.5 Å². The lowest BCUT2D eigenvalue weighted by atomic mass is 9.96. The summed E-state index contributed by atoms with van der Waals surface area (Å²) in [7, 11) is -4.15. The number of carbonyl (C=O) groups excluding carboxylic acids is 1. The maximum absolute atomic E-state index is 15.1. The number of halogens is 4. The molecular weight excluding hydrogens is 703 g/mol. The van der Waals surface area contributed by atoms with Gasteiger partial charge in [0.15, 0.2) is 18.2 Å². The number of sulfone groups is 1. The third kappa shape index (κ3) is 12.6. The predicted octanol–water partition coefficient (Wildman–Crippen LogP) is 8.08. The first kappa shape index (κ1) is 42.0. The van der Waals surface area contributed by atoms with Crippen LogP contribution in [-0.2, 0) is 19.1 Å². The highest BCUT2D eigenvalue weighted by Crippen LogP contribution is 2.37. The number of benzene rings is 3. The predicted molar refractivity (Wildman–Crippen MR) is 197 cm³/mol. The number of carbonyl (C=O) groups is 1.